The molecule has 2 aromatic rings. The van der Waals surface area contributed by atoms with Gasteiger partial charge in [0.15, 0.2) is 11.5 Å². The van der Waals surface area contributed by atoms with Gasteiger partial charge in [0.05, 0.1) is 5.92 Å². The molecule has 6 heteroatoms. The maximum absolute atomic E-state index is 12.4. The van der Waals surface area contributed by atoms with Gasteiger partial charge in [-0.2, -0.15) is 0 Å². The van der Waals surface area contributed by atoms with Crippen LogP contribution in [-0.2, 0) is 16.0 Å². The van der Waals surface area contributed by atoms with Gasteiger partial charge < -0.3 is 14.6 Å². The topological polar surface area (TPSA) is 75.4 Å². The predicted molar refractivity (Wildman–Crippen MR) is 85.7 cm³/mol. The van der Waals surface area contributed by atoms with E-state index in [9.17, 15) is 9.59 Å². The van der Waals surface area contributed by atoms with Gasteiger partial charge in [0.25, 0.3) is 0 Å². The van der Waals surface area contributed by atoms with E-state index in [0.29, 0.717) is 25.3 Å². The number of nitrogens with one attached hydrogen (secondary N) is 1. The Morgan fingerprint density at radius 2 is 2.22 bits per heavy atom. The predicted octanol–water partition coefficient (Wildman–Crippen LogP) is 1.74. The molecule has 122 valence electrons. The summed E-state index contributed by atoms with van der Waals surface area (Å²) in [5.74, 6) is 0.559. The summed E-state index contributed by atoms with van der Waals surface area (Å²) in [6.45, 7) is 1.23. The van der Waals surface area contributed by atoms with Gasteiger partial charge in [-0.1, -0.05) is 12.1 Å². The number of oxazole rings is 1. The molecule has 0 bridgehead atoms. The van der Waals surface area contributed by atoms with Gasteiger partial charge in [0.1, 0.15) is 5.52 Å². The van der Waals surface area contributed by atoms with Crippen molar-refractivity contribution < 1.29 is 14.0 Å². The summed E-state index contributed by atoms with van der Waals surface area (Å²) in [6.07, 6.45) is 2.54. The van der Waals surface area contributed by atoms with Gasteiger partial charge in [-0.15, -0.1) is 0 Å². The van der Waals surface area contributed by atoms with E-state index in [2.05, 4.69) is 10.3 Å². The van der Waals surface area contributed by atoms with Gasteiger partial charge >= 0.3 is 0 Å². The minimum absolute atomic E-state index is 0.0152. The number of hydrogen-bond acceptors (Lipinski definition) is 4. The summed E-state index contributed by atoms with van der Waals surface area (Å²) in [5, 5.41) is 2.67. The second-order valence-electron chi connectivity index (χ2n) is 5.87. The number of carbonyl (C=O) groups excluding carboxylic acids is 2. The van der Waals surface area contributed by atoms with E-state index in [1.807, 2.05) is 24.3 Å². The number of fused-ring (bicyclic) bond motifs is 1. The molecule has 0 radical (unpaired) electrons. The standard InChI is InChI=1S/C17H21N3O3/c1-18-17(22)12-5-4-10-20(11-12)16(21)9-8-15-19-13-6-2-3-7-14(13)23-15/h2-3,6-7,12H,4-5,8-11H2,1H3,(H,18,22). The number of likely N-dealkylation sites (tertiary alicyclic amines) is 1. The third-order valence-electron chi connectivity index (χ3n) is 4.28. The van der Waals surface area contributed by atoms with Crippen LogP contribution in [0.15, 0.2) is 28.7 Å². The SMILES string of the molecule is CNC(=O)C1CCCN(C(=O)CCc2nc3ccccc3o2)C1. The summed E-state index contributed by atoms with van der Waals surface area (Å²) in [7, 11) is 1.64. The molecule has 1 fully saturated rings. The molecule has 2 heterocycles. The smallest absolute Gasteiger partial charge is 0.224 e. The highest BCUT2D eigenvalue weighted by Gasteiger charge is 2.27. The number of benzene rings is 1. The van der Waals surface area contributed by atoms with Crippen LogP contribution < -0.4 is 5.32 Å². The summed E-state index contributed by atoms with van der Waals surface area (Å²) in [6, 6.07) is 7.57. The number of amides is 2. The average molecular weight is 315 g/mol. The number of rotatable bonds is 4. The number of piperidine rings is 1. The Bertz CT molecular complexity index is 677. The third kappa shape index (κ3) is 3.52. The van der Waals surface area contributed by atoms with Crippen LogP contribution in [0.25, 0.3) is 11.1 Å². The van der Waals surface area contributed by atoms with Crippen LogP contribution in [0.3, 0.4) is 0 Å². The Morgan fingerprint density at radius 3 is 3.00 bits per heavy atom. The largest absolute Gasteiger partial charge is 0.441 e. The average Bonchev–Trinajstić information content (AvgIpc) is 3.02. The van der Waals surface area contributed by atoms with Gasteiger partial charge in [0, 0.05) is 33.0 Å². The summed E-state index contributed by atoms with van der Waals surface area (Å²) in [5.41, 5.74) is 1.56. The number of aromatic nitrogens is 1. The first-order valence-electron chi connectivity index (χ1n) is 8.01. The molecule has 23 heavy (non-hydrogen) atoms. The van der Waals surface area contributed by atoms with E-state index in [0.717, 1.165) is 30.5 Å². The van der Waals surface area contributed by atoms with E-state index in [4.69, 9.17) is 4.42 Å². The van der Waals surface area contributed by atoms with Crippen molar-refractivity contribution in [3.63, 3.8) is 0 Å². The highest BCUT2D eigenvalue weighted by atomic mass is 16.3. The zero-order chi connectivity index (χ0) is 16.2. The molecule has 3 rings (SSSR count). The zero-order valence-corrected chi connectivity index (χ0v) is 13.2. The second-order valence-corrected chi connectivity index (χ2v) is 5.87. The lowest BCUT2D eigenvalue weighted by Gasteiger charge is -2.31. The van der Waals surface area contributed by atoms with Crippen LogP contribution in [-0.4, -0.2) is 41.8 Å². The Morgan fingerprint density at radius 1 is 1.39 bits per heavy atom. The molecule has 0 saturated carbocycles. The number of para-hydroxylation sites is 2. The van der Waals surface area contributed by atoms with E-state index in [1.54, 1.807) is 11.9 Å². The minimum Gasteiger partial charge on any atom is -0.441 e. The minimum atomic E-state index is -0.0953. The Labute approximate surface area is 134 Å². The lowest BCUT2D eigenvalue weighted by molar-refractivity contribution is -0.135. The Balaban J connectivity index is 1.57. The maximum Gasteiger partial charge on any atom is 0.224 e. The molecule has 1 saturated heterocycles. The fourth-order valence-electron chi connectivity index (χ4n) is 3.02. The van der Waals surface area contributed by atoms with Crippen LogP contribution >= 0.6 is 0 Å². The Hall–Kier alpha value is -2.37. The summed E-state index contributed by atoms with van der Waals surface area (Å²) >= 11 is 0. The molecular weight excluding hydrogens is 294 g/mol. The molecule has 0 spiro atoms. The van der Waals surface area contributed by atoms with Gasteiger partial charge in [-0.05, 0) is 25.0 Å². The zero-order valence-electron chi connectivity index (χ0n) is 13.2. The first-order chi connectivity index (χ1) is 11.2. The van der Waals surface area contributed by atoms with Gasteiger partial charge in [0.2, 0.25) is 11.8 Å². The monoisotopic (exact) mass is 315 g/mol. The molecule has 0 aliphatic carbocycles. The van der Waals surface area contributed by atoms with E-state index in [1.165, 1.54) is 0 Å². The van der Waals surface area contributed by atoms with Crippen LogP contribution in [0.4, 0.5) is 0 Å². The molecule has 1 unspecified atom stereocenters. The molecule has 1 aromatic carbocycles. The number of nitrogens with zero attached hydrogens (tertiary/aromatic N) is 2. The number of carbonyl (C=O) groups is 2. The summed E-state index contributed by atoms with van der Waals surface area (Å²) in [4.78, 5) is 30.3. The second kappa shape index (κ2) is 6.81. The van der Waals surface area contributed by atoms with E-state index < -0.39 is 0 Å². The number of hydrogen-bond donors (Lipinski definition) is 1. The lowest BCUT2D eigenvalue weighted by atomic mass is 9.97. The fraction of sp³-hybridized carbons (Fsp3) is 0.471. The van der Waals surface area contributed by atoms with E-state index in [-0.39, 0.29) is 17.7 Å². The van der Waals surface area contributed by atoms with Crippen molar-refractivity contribution in [1.82, 2.24) is 15.2 Å². The molecule has 1 atom stereocenters. The molecular formula is C17H21N3O3. The van der Waals surface area contributed by atoms with Crippen LogP contribution in [0.2, 0.25) is 0 Å². The fourth-order valence-corrected chi connectivity index (χ4v) is 3.02. The normalized spacial score (nSPS) is 18.1. The summed E-state index contributed by atoms with van der Waals surface area (Å²) < 4.78 is 5.64. The van der Waals surface area contributed by atoms with Crippen LogP contribution in [0.5, 0.6) is 0 Å². The van der Waals surface area contributed by atoms with Gasteiger partial charge in [-0.3, -0.25) is 9.59 Å². The van der Waals surface area contributed by atoms with Crippen LogP contribution in [0, 0.1) is 5.92 Å². The molecule has 2 amide bonds. The molecule has 6 nitrogen and oxygen atoms in total. The highest BCUT2D eigenvalue weighted by molar-refractivity contribution is 5.81. The molecule has 1 aliphatic heterocycles. The molecule has 1 aliphatic rings. The van der Waals surface area contributed by atoms with Crippen molar-refractivity contribution in [1.29, 1.82) is 0 Å². The maximum atomic E-state index is 12.4. The Kier molecular flexibility index (Phi) is 4.60. The van der Waals surface area contributed by atoms with Crippen LogP contribution in [0.1, 0.15) is 25.2 Å². The van der Waals surface area contributed by atoms with Crippen molar-refractivity contribution in [2.24, 2.45) is 5.92 Å². The molecule has 1 N–H and O–H groups in total. The lowest BCUT2D eigenvalue weighted by Crippen LogP contribution is -2.44. The van der Waals surface area contributed by atoms with Crippen molar-refractivity contribution in [2.45, 2.75) is 25.7 Å². The first kappa shape index (κ1) is 15.5. The third-order valence-corrected chi connectivity index (χ3v) is 4.28. The highest BCUT2D eigenvalue weighted by Crippen LogP contribution is 2.19. The van der Waals surface area contributed by atoms with Crippen molar-refractivity contribution in [3.05, 3.63) is 30.2 Å². The first-order valence-corrected chi connectivity index (χ1v) is 8.01. The van der Waals surface area contributed by atoms with Crippen molar-refractivity contribution in [3.8, 4) is 0 Å². The quantitative estimate of drug-likeness (QED) is 0.932. The van der Waals surface area contributed by atoms with Crippen molar-refractivity contribution >= 4 is 22.9 Å². The van der Waals surface area contributed by atoms with E-state index >= 15 is 0 Å². The number of aryl methyl sites for hydroxylation is 1. The van der Waals surface area contributed by atoms with Gasteiger partial charge in [-0.25, -0.2) is 4.98 Å². The van der Waals surface area contributed by atoms with Crippen molar-refractivity contribution in [2.75, 3.05) is 20.1 Å². The molecule has 1 aromatic heterocycles.